The summed E-state index contributed by atoms with van der Waals surface area (Å²) in [6.07, 6.45) is 0.463. The third kappa shape index (κ3) is 4.16. The van der Waals surface area contributed by atoms with Crippen LogP contribution in [-0.4, -0.2) is 36.2 Å². The summed E-state index contributed by atoms with van der Waals surface area (Å²) in [5.74, 6) is 0.253. The monoisotopic (exact) mass is 340 g/mol. The Hall–Kier alpha value is -2.86. The van der Waals surface area contributed by atoms with Crippen LogP contribution >= 0.6 is 0 Å². The number of hydrogen-bond acceptors (Lipinski definition) is 4. The highest BCUT2D eigenvalue weighted by Gasteiger charge is 2.28. The summed E-state index contributed by atoms with van der Waals surface area (Å²) in [6, 6.07) is 14.3. The van der Waals surface area contributed by atoms with Crippen LogP contribution in [0.3, 0.4) is 0 Å². The minimum atomic E-state index is -0.570. The number of rotatable bonds is 6. The maximum atomic E-state index is 12.4. The van der Waals surface area contributed by atoms with E-state index in [0.29, 0.717) is 30.6 Å². The molecule has 3 N–H and O–H groups in total. The van der Waals surface area contributed by atoms with Crippen molar-refractivity contribution in [3.05, 3.63) is 59.7 Å². The molecule has 1 aliphatic heterocycles. The van der Waals surface area contributed by atoms with Crippen molar-refractivity contribution >= 4 is 17.5 Å². The number of ether oxygens (including phenoxy) is 1. The van der Waals surface area contributed by atoms with Crippen LogP contribution in [0.4, 0.5) is 5.69 Å². The quantitative estimate of drug-likeness (QED) is 0.699. The number of fused-ring (bicyclic) bond motifs is 1. The molecule has 2 aromatic rings. The van der Waals surface area contributed by atoms with Crippen LogP contribution in [-0.2, 0) is 11.2 Å². The molecule has 0 saturated heterocycles. The van der Waals surface area contributed by atoms with Crippen LogP contribution in [0.1, 0.15) is 22.3 Å². The Labute approximate surface area is 145 Å². The normalized spacial score (nSPS) is 15.2. The number of nitrogens with one attached hydrogen (secondary N) is 2. The van der Waals surface area contributed by atoms with E-state index in [9.17, 15) is 9.59 Å². The number of aliphatic hydroxyl groups excluding tert-OH is 1. The summed E-state index contributed by atoms with van der Waals surface area (Å²) in [4.78, 5) is 24.4. The smallest absolute Gasteiger partial charge is 0.265 e. The molecule has 0 spiro atoms. The van der Waals surface area contributed by atoms with Crippen molar-refractivity contribution in [3.8, 4) is 5.75 Å². The first-order valence-corrected chi connectivity index (χ1v) is 8.22. The van der Waals surface area contributed by atoms with Gasteiger partial charge < -0.3 is 20.5 Å². The van der Waals surface area contributed by atoms with Crippen LogP contribution in [0.15, 0.2) is 48.5 Å². The Balaban J connectivity index is 1.61. The molecule has 1 unspecified atom stereocenters. The second-order valence-corrected chi connectivity index (χ2v) is 5.82. The highest BCUT2D eigenvalue weighted by molar-refractivity contribution is 5.98. The molecule has 25 heavy (non-hydrogen) atoms. The molecule has 0 bridgehead atoms. The molecule has 6 nitrogen and oxygen atoms in total. The molecular formula is C19H20N2O4. The molecule has 3 rings (SSSR count). The highest BCUT2D eigenvalue weighted by atomic mass is 16.5. The van der Waals surface area contributed by atoms with E-state index in [-0.39, 0.29) is 18.4 Å². The molecule has 0 radical (unpaired) electrons. The lowest BCUT2D eigenvalue weighted by atomic mass is 10.1. The lowest BCUT2D eigenvalue weighted by Crippen LogP contribution is -2.31. The topological polar surface area (TPSA) is 87.7 Å². The molecule has 2 amide bonds. The Morgan fingerprint density at radius 1 is 1.16 bits per heavy atom. The molecule has 1 atom stereocenters. The highest BCUT2D eigenvalue weighted by Crippen LogP contribution is 2.28. The minimum Gasteiger partial charge on any atom is -0.480 e. The summed E-state index contributed by atoms with van der Waals surface area (Å²) in [7, 11) is 0. The van der Waals surface area contributed by atoms with Gasteiger partial charge in [-0.15, -0.1) is 0 Å². The number of anilines is 1. The maximum Gasteiger partial charge on any atom is 0.265 e. The summed E-state index contributed by atoms with van der Waals surface area (Å²) in [6.45, 7) is 0.431. The third-order valence-electron chi connectivity index (χ3n) is 3.95. The van der Waals surface area contributed by atoms with E-state index in [1.807, 2.05) is 24.3 Å². The predicted molar refractivity (Wildman–Crippen MR) is 93.7 cm³/mol. The van der Waals surface area contributed by atoms with Crippen molar-refractivity contribution in [2.45, 2.75) is 18.9 Å². The first-order chi connectivity index (χ1) is 12.2. The molecule has 6 heteroatoms. The largest absolute Gasteiger partial charge is 0.480 e. The zero-order valence-electron chi connectivity index (χ0n) is 13.7. The number of aliphatic hydroxyl groups is 1. The van der Waals surface area contributed by atoms with Gasteiger partial charge in [0, 0.05) is 30.8 Å². The van der Waals surface area contributed by atoms with Crippen LogP contribution in [0, 0.1) is 0 Å². The van der Waals surface area contributed by atoms with E-state index >= 15 is 0 Å². The van der Waals surface area contributed by atoms with Crippen molar-refractivity contribution in [2.75, 3.05) is 18.5 Å². The Morgan fingerprint density at radius 3 is 2.80 bits per heavy atom. The lowest BCUT2D eigenvalue weighted by molar-refractivity contribution is -0.122. The van der Waals surface area contributed by atoms with Gasteiger partial charge in [-0.2, -0.15) is 0 Å². The van der Waals surface area contributed by atoms with E-state index in [0.717, 1.165) is 11.3 Å². The fourth-order valence-corrected chi connectivity index (χ4v) is 2.67. The average Bonchev–Trinajstić information content (AvgIpc) is 3.06. The molecule has 1 heterocycles. The van der Waals surface area contributed by atoms with E-state index in [1.165, 1.54) is 0 Å². The molecular weight excluding hydrogens is 320 g/mol. The standard InChI is InChI=1S/C19H20N2O4/c22-10-4-9-20-18(23)14-6-3-7-15(11-14)21-19(24)17-12-13-5-1-2-8-16(13)25-17/h1-3,5-8,11,17,22H,4,9-10,12H2,(H,20,23)(H,21,24). The summed E-state index contributed by atoms with van der Waals surface area (Å²) < 4.78 is 5.67. The van der Waals surface area contributed by atoms with Gasteiger partial charge in [0.1, 0.15) is 5.75 Å². The number of carbonyl (C=O) groups excluding carboxylic acids is 2. The molecule has 0 aromatic heterocycles. The number of benzene rings is 2. The van der Waals surface area contributed by atoms with E-state index in [1.54, 1.807) is 24.3 Å². The number of hydrogen-bond donors (Lipinski definition) is 3. The number of amides is 2. The van der Waals surface area contributed by atoms with Crippen LogP contribution in [0.5, 0.6) is 5.75 Å². The zero-order valence-corrected chi connectivity index (χ0v) is 13.7. The Morgan fingerprint density at radius 2 is 2.00 bits per heavy atom. The van der Waals surface area contributed by atoms with Gasteiger partial charge in [-0.3, -0.25) is 9.59 Å². The van der Waals surface area contributed by atoms with Gasteiger partial charge >= 0.3 is 0 Å². The van der Waals surface area contributed by atoms with Gasteiger partial charge in [-0.1, -0.05) is 24.3 Å². The Kier molecular flexibility index (Phi) is 5.30. The molecule has 0 aliphatic carbocycles. The van der Waals surface area contributed by atoms with Gasteiger partial charge in [0.2, 0.25) is 0 Å². The SMILES string of the molecule is O=C(NCCCO)c1cccc(NC(=O)C2Cc3ccccc3O2)c1. The molecule has 130 valence electrons. The fourth-order valence-electron chi connectivity index (χ4n) is 2.67. The van der Waals surface area contributed by atoms with E-state index in [2.05, 4.69) is 10.6 Å². The summed E-state index contributed by atoms with van der Waals surface area (Å²) in [5, 5.41) is 14.3. The van der Waals surface area contributed by atoms with Crippen molar-refractivity contribution in [1.29, 1.82) is 0 Å². The lowest BCUT2D eigenvalue weighted by Gasteiger charge is -2.12. The Bertz CT molecular complexity index is 751. The van der Waals surface area contributed by atoms with Crippen LogP contribution in [0.2, 0.25) is 0 Å². The average molecular weight is 340 g/mol. The molecule has 1 aliphatic rings. The predicted octanol–water partition coefficient (Wildman–Crippen LogP) is 1.74. The molecule has 2 aromatic carbocycles. The van der Waals surface area contributed by atoms with Gasteiger partial charge in [0.05, 0.1) is 0 Å². The van der Waals surface area contributed by atoms with Crippen molar-refractivity contribution < 1.29 is 19.4 Å². The molecule has 0 fully saturated rings. The van der Waals surface area contributed by atoms with Crippen molar-refractivity contribution in [1.82, 2.24) is 5.32 Å². The maximum absolute atomic E-state index is 12.4. The second kappa shape index (κ2) is 7.81. The van der Waals surface area contributed by atoms with E-state index < -0.39 is 6.10 Å². The van der Waals surface area contributed by atoms with Gasteiger partial charge in [-0.25, -0.2) is 0 Å². The number of para-hydroxylation sites is 1. The van der Waals surface area contributed by atoms with Crippen LogP contribution in [0.25, 0.3) is 0 Å². The first kappa shape index (κ1) is 17.0. The van der Waals surface area contributed by atoms with Crippen LogP contribution < -0.4 is 15.4 Å². The summed E-state index contributed by atoms with van der Waals surface area (Å²) in [5.41, 5.74) is 2.00. The van der Waals surface area contributed by atoms with Crippen molar-refractivity contribution in [3.63, 3.8) is 0 Å². The third-order valence-corrected chi connectivity index (χ3v) is 3.95. The molecule has 0 saturated carbocycles. The zero-order chi connectivity index (χ0) is 17.6. The van der Waals surface area contributed by atoms with Gasteiger partial charge in [0.15, 0.2) is 6.10 Å². The van der Waals surface area contributed by atoms with Crippen molar-refractivity contribution in [2.24, 2.45) is 0 Å². The second-order valence-electron chi connectivity index (χ2n) is 5.82. The van der Waals surface area contributed by atoms with Gasteiger partial charge in [-0.05, 0) is 36.2 Å². The van der Waals surface area contributed by atoms with Gasteiger partial charge in [0.25, 0.3) is 11.8 Å². The van der Waals surface area contributed by atoms with E-state index in [4.69, 9.17) is 9.84 Å². The summed E-state index contributed by atoms with van der Waals surface area (Å²) >= 11 is 0. The minimum absolute atomic E-state index is 0.0279. The first-order valence-electron chi connectivity index (χ1n) is 8.22. The fraction of sp³-hybridized carbons (Fsp3) is 0.263. The number of carbonyl (C=O) groups is 2.